The summed E-state index contributed by atoms with van der Waals surface area (Å²) in [5, 5.41) is 2.79. The van der Waals surface area contributed by atoms with Crippen LogP contribution in [0.1, 0.15) is 11.6 Å². The average molecular weight is 482 g/mol. The zero-order chi connectivity index (χ0) is 24.7. The second-order valence-electron chi connectivity index (χ2n) is 8.83. The first kappa shape index (κ1) is 22.8. The SMILES string of the molecule is CN1C(=O)NC(c2ccc(F)cc2)C2=C1CN(CC(=O)N1CCN(c3ccccc3F)CC1)C2=O. The second kappa shape index (κ2) is 9.01. The van der Waals surface area contributed by atoms with Crippen molar-refractivity contribution in [2.75, 3.05) is 51.2 Å². The summed E-state index contributed by atoms with van der Waals surface area (Å²) >= 11 is 0. The van der Waals surface area contributed by atoms with Crippen LogP contribution in [0.5, 0.6) is 0 Å². The van der Waals surface area contributed by atoms with Crippen LogP contribution in [0.15, 0.2) is 59.8 Å². The molecule has 3 heterocycles. The lowest BCUT2D eigenvalue weighted by molar-refractivity contribution is -0.137. The standard InChI is InChI=1S/C25H25F2N5O3/c1-29-20-14-32(24(34)22(20)23(28-25(29)35)16-6-8-17(26)9-7-16)15-21(33)31-12-10-30(11-13-31)19-5-3-2-4-18(19)27/h2-9,23H,10-15H2,1H3,(H,28,35). The van der Waals surface area contributed by atoms with E-state index < -0.39 is 11.9 Å². The Morgan fingerprint density at radius 1 is 1.00 bits per heavy atom. The fraction of sp³-hybridized carbons (Fsp3) is 0.320. The monoisotopic (exact) mass is 481 g/mol. The summed E-state index contributed by atoms with van der Waals surface area (Å²) in [6.45, 7) is 1.83. The predicted octanol–water partition coefficient (Wildman–Crippen LogP) is 2.11. The third-order valence-corrected chi connectivity index (χ3v) is 6.79. The third kappa shape index (κ3) is 4.20. The molecule has 10 heteroatoms. The molecule has 1 saturated heterocycles. The molecule has 3 aliphatic heterocycles. The van der Waals surface area contributed by atoms with Gasteiger partial charge in [0.25, 0.3) is 5.91 Å². The lowest BCUT2D eigenvalue weighted by Gasteiger charge is -2.36. The lowest BCUT2D eigenvalue weighted by Crippen LogP contribution is -2.51. The van der Waals surface area contributed by atoms with Gasteiger partial charge in [-0.15, -0.1) is 0 Å². The van der Waals surface area contributed by atoms with Crippen molar-refractivity contribution in [2.24, 2.45) is 0 Å². The molecule has 0 radical (unpaired) electrons. The van der Waals surface area contributed by atoms with Gasteiger partial charge in [-0.3, -0.25) is 14.5 Å². The highest BCUT2D eigenvalue weighted by Crippen LogP contribution is 2.35. The van der Waals surface area contributed by atoms with Gasteiger partial charge in [-0.25, -0.2) is 13.6 Å². The van der Waals surface area contributed by atoms with Crippen LogP contribution < -0.4 is 10.2 Å². The molecule has 35 heavy (non-hydrogen) atoms. The molecule has 5 rings (SSSR count). The molecule has 1 N–H and O–H groups in total. The number of para-hydroxylation sites is 1. The number of hydrogen-bond donors (Lipinski definition) is 1. The molecule has 1 fully saturated rings. The Bertz CT molecular complexity index is 1210. The summed E-state index contributed by atoms with van der Waals surface area (Å²) in [6, 6.07) is 11.1. The molecule has 2 aromatic carbocycles. The number of urea groups is 1. The number of nitrogens with one attached hydrogen (secondary N) is 1. The van der Waals surface area contributed by atoms with Crippen molar-refractivity contribution in [3.05, 3.63) is 77.0 Å². The first-order chi connectivity index (χ1) is 16.8. The molecular weight excluding hydrogens is 456 g/mol. The smallest absolute Gasteiger partial charge is 0.322 e. The quantitative estimate of drug-likeness (QED) is 0.726. The van der Waals surface area contributed by atoms with Crippen LogP contribution in [0.3, 0.4) is 0 Å². The number of piperazine rings is 1. The highest BCUT2D eigenvalue weighted by atomic mass is 19.1. The van der Waals surface area contributed by atoms with Crippen LogP contribution in [0.4, 0.5) is 19.3 Å². The molecule has 0 saturated carbocycles. The van der Waals surface area contributed by atoms with Crippen LogP contribution >= 0.6 is 0 Å². The fourth-order valence-electron chi connectivity index (χ4n) is 4.82. The van der Waals surface area contributed by atoms with Crippen LogP contribution in [0, 0.1) is 11.6 Å². The fourth-order valence-corrected chi connectivity index (χ4v) is 4.82. The highest BCUT2D eigenvalue weighted by molar-refractivity contribution is 6.03. The van der Waals surface area contributed by atoms with Crippen LogP contribution in [0.2, 0.25) is 0 Å². The van der Waals surface area contributed by atoms with E-state index in [1.54, 1.807) is 30.1 Å². The van der Waals surface area contributed by atoms with E-state index in [0.29, 0.717) is 48.7 Å². The van der Waals surface area contributed by atoms with Crippen LogP contribution in [-0.2, 0) is 9.59 Å². The maximum Gasteiger partial charge on any atom is 0.322 e. The minimum Gasteiger partial charge on any atom is -0.366 e. The molecular formula is C25H25F2N5O3. The molecule has 1 unspecified atom stereocenters. The van der Waals surface area contributed by atoms with Gasteiger partial charge >= 0.3 is 6.03 Å². The Morgan fingerprint density at radius 3 is 2.37 bits per heavy atom. The number of nitrogens with zero attached hydrogens (tertiary/aromatic N) is 4. The number of hydrogen-bond acceptors (Lipinski definition) is 4. The Balaban J connectivity index is 1.26. The summed E-state index contributed by atoms with van der Waals surface area (Å²) in [6.07, 6.45) is 0. The number of amides is 4. The van der Waals surface area contributed by atoms with Gasteiger partial charge in [0.15, 0.2) is 0 Å². The van der Waals surface area contributed by atoms with Crippen LogP contribution in [-0.4, -0.2) is 78.9 Å². The topological polar surface area (TPSA) is 76.2 Å². The maximum atomic E-state index is 14.1. The molecule has 3 aliphatic rings. The first-order valence-electron chi connectivity index (χ1n) is 11.4. The molecule has 182 valence electrons. The largest absolute Gasteiger partial charge is 0.366 e. The number of anilines is 1. The van der Waals surface area contributed by atoms with Crippen molar-refractivity contribution in [3.63, 3.8) is 0 Å². The van der Waals surface area contributed by atoms with E-state index in [1.807, 2.05) is 4.90 Å². The summed E-state index contributed by atoms with van der Waals surface area (Å²) in [4.78, 5) is 45.3. The molecule has 2 aromatic rings. The van der Waals surface area contributed by atoms with Crippen molar-refractivity contribution < 1.29 is 23.2 Å². The zero-order valence-corrected chi connectivity index (χ0v) is 19.2. The van der Waals surface area contributed by atoms with E-state index in [9.17, 15) is 23.2 Å². The Hall–Kier alpha value is -3.95. The van der Waals surface area contributed by atoms with E-state index in [2.05, 4.69) is 5.32 Å². The van der Waals surface area contributed by atoms with Gasteiger partial charge in [-0.2, -0.15) is 0 Å². The van der Waals surface area contributed by atoms with E-state index in [1.165, 1.54) is 40.1 Å². The van der Waals surface area contributed by atoms with Crippen molar-refractivity contribution in [1.82, 2.24) is 20.0 Å². The summed E-state index contributed by atoms with van der Waals surface area (Å²) in [5.41, 5.74) is 2.02. The van der Waals surface area contributed by atoms with Gasteiger partial charge in [0.1, 0.15) is 18.2 Å². The highest BCUT2D eigenvalue weighted by Gasteiger charge is 2.43. The van der Waals surface area contributed by atoms with Crippen molar-refractivity contribution >= 4 is 23.5 Å². The summed E-state index contributed by atoms with van der Waals surface area (Å²) in [7, 11) is 1.58. The molecule has 8 nitrogen and oxygen atoms in total. The Kier molecular flexibility index (Phi) is 5.88. The Morgan fingerprint density at radius 2 is 1.69 bits per heavy atom. The predicted molar refractivity (Wildman–Crippen MR) is 124 cm³/mol. The van der Waals surface area contributed by atoms with E-state index in [-0.39, 0.29) is 36.8 Å². The van der Waals surface area contributed by atoms with Crippen molar-refractivity contribution in [1.29, 1.82) is 0 Å². The van der Waals surface area contributed by atoms with Gasteiger partial charge in [-0.05, 0) is 29.8 Å². The zero-order valence-electron chi connectivity index (χ0n) is 19.2. The van der Waals surface area contributed by atoms with Crippen molar-refractivity contribution in [3.8, 4) is 0 Å². The van der Waals surface area contributed by atoms with Gasteiger partial charge in [0.2, 0.25) is 5.91 Å². The maximum absolute atomic E-state index is 14.1. The van der Waals surface area contributed by atoms with Gasteiger partial charge in [-0.1, -0.05) is 24.3 Å². The average Bonchev–Trinajstić information content (AvgIpc) is 3.18. The second-order valence-corrected chi connectivity index (χ2v) is 8.83. The van der Waals surface area contributed by atoms with Gasteiger partial charge in [0.05, 0.1) is 29.5 Å². The number of carbonyl (C=O) groups excluding carboxylic acids is 3. The van der Waals surface area contributed by atoms with E-state index in [0.717, 1.165) is 0 Å². The van der Waals surface area contributed by atoms with E-state index in [4.69, 9.17) is 0 Å². The molecule has 0 spiro atoms. The Labute approximate surface area is 201 Å². The number of likely N-dealkylation sites (N-methyl/N-ethyl adjacent to an activating group) is 1. The van der Waals surface area contributed by atoms with Gasteiger partial charge in [0, 0.05) is 33.2 Å². The minimum absolute atomic E-state index is 0.121. The molecule has 4 amide bonds. The molecule has 0 aliphatic carbocycles. The summed E-state index contributed by atoms with van der Waals surface area (Å²) in [5.74, 6) is -1.25. The number of benzene rings is 2. The van der Waals surface area contributed by atoms with Gasteiger partial charge < -0.3 is 20.0 Å². The molecule has 0 aromatic heterocycles. The normalized spacial score (nSPS) is 20.4. The first-order valence-corrected chi connectivity index (χ1v) is 11.4. The lowest BCUT2D eigenvalue weighted by atomic mass is 9.96. The van der Waals surface area contributed by atoms with Crippen LogP contribution in [0.25, 0.3) is 0 Å². The minimum atomic E-state index is -0.716. The van der Waals surface area contributed by atoms with E-state index >= 15 is 0 Å². The summed E-state index contributed by atoms with van der Waals surface area (Å²) < 4.78 is 27.5. The third-order valence-electron chi connectivity index (χ3n) is 6.79. The number of rotatable bonds is 4. The number of carbonyl (C=O) groups is 3. The molecule has 0 bridgehead atoms. The molecule has 1 atom stereocenters. The number of halogens is 2. The van der Waals surface area contributed by atoms with Crippen molar-refractivity contribution in [2.45, 2.75) is 6.04 Å².